The van der Waals surface area contributed by atoms with Gasteiger partial charge in [-0.1, -0.05) is 0 Å². The zero-order chi connectivity index (χ0) is 23.9. The van der Waals surface area contributed by atoms with Gasteiger partial charge in [0.05, 0.1) is 17.8 Å². The molecule has 0 aliphatic carbocycles. The predicted octanol–water partition coefficient (Wildman–Crippen LogP) is 3.07. The molecule has 5 heterocycles. The molecule has 2 aliphatic rings. The van der Waals surface area contributed by atoms with Crippen molar-refractivity contribution in [3.8, 4) is 11.1 Å². The summed E-state index contributed by atoms with van der Waals surface area (Å²) in [6.45, 7) is 2.05. The maximum atomic E-state index is 13.2. The summed E-state index contributed by atoms with van der Waals surface area (Å²) in [5.74, 6) is -0.800. The summed E-state index contributed by atoms with van der Waals surface area (Å²) in [4.78, 5) is 6.73. The maximum Gasteiger partial charge on any atom is 0.391 e. The molecule has 0 amide bonds. The lowest BCUT2D eigenvalue weighted by Gasteiger charge is -2.35. The third-order valence-electron chi connectivity index (χ3n) is 6.71. The summed E-state index contributed by atoms with van der Waals surface area (Å²) in [6, 6.07) is 2.06. The van der Waals surface area contributed by atoms with Gasteiger partial charge in [-0.3, -0.25) is 5.10 Å². The van der Waals surface area contributed by atoms with E-state index in [-0.39, 0.29) is 32.0 Å². The minimum atomic E-state index is -4.17. The Bertz CT molecular complexity index is 1100. The Morgan fingerprint density at radius 3 is 2.50 bits per heavy atom. The molecule has 34 heavy (non-hydrogen) atoms. The van der Waals surface area contributed by atoms with E-state index < -0.39 is 23.5 Å². The Morgan fingerprint density at radius 2 is 1.88 bits per heavy atom. The van der Waals surface area contributed by atoms with Crippen molar-refractivity contribution in [3.63, 3.8) is 0 Å². The first-order valence-corrected chi connectivity index (χ1v) is 12.9. The van der Waals surface area contributed by atoms with E-state index in [1.807, 2.05) is 21.5 Å². The summed E-state index contributed by atoms with van der Waals surface area (Å²) in [5, 5.41) is 14.8. The highest BCUT2D eigenvalue weighted by molar-refractivity contribution is 7.88. The third kappa shape index (κ3) is 4.68. The fraction of sp³-hybridized carbons (Fsp3) is 0.571. The summed E-state index contributed by atoms with van der Waals surface area (Å²) in [6.07, 6.45) is 4.53. The van der Waals surface area contributed by atoms with Gasteiger partial charge in [0, 0.05) is 67.1 Å². The average Bonchev–Trinajstić information content (AvgIpc) is 3.48. The average molecular weight is 497 g/mol. The van der Waals surface area contributed by atoms with E-state index in [0.717, 1.165) is 42.7 Å². The number of hydrogen-bond donors (Lipinski definition) is 2. The highest BCUT2D eigenvalue weighted by atomic mass is 32.2. The molecule has 2 saturated heterocycles. The quantitative estimate of drug-likeness (QED) is 0.524. The minimum absolute atomic E-state index is 0.0476. The van der Waals surface area contributed by atoms with Gasteiger partial charge in [-0.2, -0.15) is 23.3 Å². The first-order valence-electron chi connectivity index (χ1n) is 11.3. The number of nitrogens with one attached hydrogen (secondary N) is 2. The van der Waals surface area contributed by atoms with Crippen LogP contribution in [-0.4, -0.2) is 78.3 Å². The minimum Gasteiger partial charge on any atom is -0.598 e. The molecular weight excluding hydrogens is 469 g/mol. The largest absolute Gasteiger partial charge is 0.598 e. The van der Waals surface area contributed by atoms with Gasteiger partial charge in [-0.15, -0.1) is 9.40 Å². The van der Waals surface area contributed by atoms with Gasteiger partial charge in [0.15, 0.2) is 5.65 Å². The lowest BCUT2D eigenvalue weighted by molar-refractivity contribution is -0.179. The molecule has 1 unspecified atom stereocenters. The molecular formula is C21H27F3N8OS. The number of aromatic nitrogens is 5. The number of nitrogens with zero attached hydrogens (tertiary/aromatic N) is 6. The number of hydrogen-bond acceptors (Lipinski definition) is 7. The van der Waals surface area contributed by atoms with Crippen LogP contribution in [0, 0.1) is 5.92 Å². The van der Waals surface area contributed by atoms with E-state index >= 15 is 0 Å². The SMILES string of the molecule is C[S+]([O-])N1CCC(Nc2nc3c(N4CCC(C(F)(F)F)CC4)c(-c4cn[nH]c4)ccn3n2)CC1. The standard InChI is InChI=1S/C21H27F3N8OS/c1-34(33)31-9-4-16(5-10-31)27-20-28-19-18(30-7-2-15(3-8-30)21(22,23)24)17(6-11-32(19)29-20)14-12-25-26-13-14/h6,11-13,15-16H,2-5,7-10H2,1H3,(H,25,26)(H,27,29). The van der Waals surface area contributed by atoms with Gasteiger partial charge in [-0.05, 0) is 31.7 Å². The van der Waals surface area contributed by atoms with E-state index in [0.29, 0.717) is 11.6 Å². The first-order chi connectivity index (χ1) is 16.3. The van der Waals surface area contributed by atoms with Crippen molar-refractivity contribution in [2.45, 2.75) is 37.9 Å². The molecule has 13 heteroatoms. The van der Waals surface area contributed by atoms with Gasteiger partial charge >= 0.3 is 6.18 Å². The summed E-state index contributed by atoms with van der Waals surface area (Å²) in [7, 11) is 0. The smallest absolute Gasteiger partial charge is 0.391 e. The Morgan fingerprint density at radius 1 is 1.15 bits per heavy atom. The van der Waals surface area contributed by atoms with Crippen LogP contribution in [0.5, 0.6) is 0 Å². The lowest BCUT2D eigenvalue weighted by atomic mass is 9.95. The molecule has 0 bridgehead atoms. The Labute approximate surface area is 198 Å². The van der Waals surface area contributed by atoms with E-state index in [2.05, 4.69) is 20.6 Å². The van der Waals surface area contributed by atoms with Crippen molar-refractivity contribution in [1.29, 1.82) is 0 Å². The number of rotatable bonds is 5. The van der Waals surface area contributed by atoms with Crippen LogP contribution in [0.15, 0.2) is 24.7 Å². The molecule has 184 valence electrons. The predicted molar refractivity (Wildman–Crippen MR) is 124 cm³/mol. The number of aromatic amines is 1. The molecule has 1 atom stereocenters. The number of fused-ring (bicyclic) bond motifs is 1. The van der Waals surface area contributed by atoms with Crippen LogP contribution in [0.1, 0.15) is 25.7 Å². The van der Waals surface area contributed by atoms with Gasteiger partial charge in [-0.25, -0.2) is 4.52 Å². The highest BCUT2D eigenvalue weighted by Crippen LogP contribution is 2.39. The monoisotopic (exact) mass is 496 g/mol. The number of pyridine rings is 1. The topological polar surface area (TPSA) is 100 Å². The second-order valence-electron chi connectivity index (χ2n) is 8.84. The van der Waals surface area contributed by atoms with Crippen LogP contribution in [0.25, 0.3) is 16.8 Å². The maximum absolute atomic E-state index is 13.2. The molecule has 9 nitrogen and oxygen atoms in total. The first kappa shape index (κ1) is 23.2. The molecule has 0 saturated carbocycles. The number of halogens is 3. The van der Waals surface area contributed by atoms with Gasteiger partial charge < -0.3 is 14.8 Å². The van der Waals surface area contributed by atoms with Gasteiger partial charge in [0.25, 0.3) is 0 Å². The molecule has 5 rings (SSSR count). The zero-order valence-electron chi connectivity index (χ0n) is 18.8. The summed E-state index contributed by atoms with van der Waals surface area (Å²) < 4.78 is 55.0. The Balaban J connectivity index is 1.42. The summed E-state index contributed by atoms with van der Waals surface area (Å²) >= 11 is -0.971. The molecule has 0 spiro atoms. The van der Waals surface area contributed by atoms with Crippen LogP contribution in [0.4, 0.5) is 24.8 Å². The normalized spacial score (nSPS) is 20.2. The van der Waals surface area contributed by atoms with Crippen LogP contribution >= 0.6 is 0 Å². The Kier molecular flexibility index (Phi) is 6.34. The van der Waals surface area contributed by atoms with Crippen LogP contribution in [0.3, 0.4) is 0 Å². The van der Waals surface area contributed by atoms with E-state index in [1.54, 1.807) is 23.2 Å². The van der Waals surface area contributed by atoms with Crippen molar-refractivity contribution in [2.24, 2.45) is 5.92 Å². The van der Waals surface area contributed by atoms with Crippen molar-refractivity contribution in [1.82, 2.24) is 29.1 Å². The Hall–Kier alpha value is -2.51. The van der Waals surface area contributed by atoms with Crippen molar-refractivity contribution in [2.75, 3.05) is 42.7 Å². The fourth-order valence-corrected chi connectivity index (χ4v) is 5.53. The van der Waals surface area contributed by atoms with E-state index in [9.17, 15) is 17.7 Å². The van der Waals surface area contributed by atoms with Crippen LogP contribution < -0.4 is 10.2 Å². The van der Waals surface area contributed by atoms with E-state index in [1.165, 1.54) is 0 Å². The number of alkyl halides is 3. The lowest BCUT2D eigenvalue weighted by Crippen LogP contribution is -2.42. The number of piperidine rings is 2. The van der Waals surface area contributed by atoms with Crippen LogP contribution in [0.2, 0.25) is 0 Å². The van der Waals surface area contributed by atoms with Crippen molar-refractivity contribution >= 4 is 28.6 Å². The molecule has 2 aliphatic heterocycles. The van der Waals surface area contributed by atoms with Crippen molar-refractivity contribution < 1.29 is 17.7 Å². The summed E-state index contributed by atoms with van der Waals surface area (Å²) in [5.41, 5.74) is 3.05. The number of H-pyrrole nitrogens is 1. The second-order valence-corrected chi connectivity index (χ2v) is 10.2. The van der Waals surface area contributed by atoms with Gasteiger partial charge in [0.1, 0.15) is 6.26 Å². The fourth-order valence-electron chi connectivity index (χ4n) is 4.81. The van der Waals surface area contributed by atoms with E-state index in [4.69, 9.17) is 4.98 Å². The molecule has 3 aromatic rings. The molecule has 0 radical (unpaired) electrons. The molecule has 2 N–H and O–H groups in total. The number of anilines is 2. The highest BCUT2D eigenvalue weighted by Gasteiger charge is 2.41. The van der Waals surface area contributed by atoms with Crippen LogP contribution in [-0.2, 0) is 11.4 Å². The molecule has 0 aromatic carbocycles. The molecule has 2 fully saturated rings. The van der Waals surface area contributed by atoms with Crippen molar-refractivity contribution in [3.05, 3.63) is 24.7 Å². The second kappa shape index (κ2) is 9.27. The van der Waals surface area contributed by atoms with Gasteiger partial charge in [0.2, 0.25) is 5.95 Å². The third-order valence-corrected chi connectivity index (χ3v) is 7.81. The molecule has 3 aromatic heterocycles. The zero-order valence-corrected chi connectivity index (χ0v) is 19.6.